The molecule has 0 bridgehead atoms. The number of benzene rings is 1. The van der Waals surface area contributed by atoms with E-state index in [1.54, 1.807) is 12.1 Å². The number of aromatic nitrogens is 2. The minimum atomic E-state index is -0.244. The third kappa shape index (κ3) is 5.30. The number of halogens is 1. The van der Waals surface area contributed by atoms with Crippen molar-refractivity contribution in [1.82, 2.24) is 19.6 Å². The fraction of sp³-hybridized carbons (Fsp3) is 0.571. The van der Waals surface area contributed by atoms with Crippen LogP contribution in [0.1, 0.15) is 43.5 Å². The highest BCUT2D eigenvalue weighted by Crippen LogP contribution is 2.27. The van der Waals surface area contributed by atoms with Gasteiger partial charge in [0.2, 0.25) is 11.0 Å². The molecule has 2 fully saturated rings. The van der Waals surface area contributed by atoms with Gasteiger partial charge in [-0.05, 0) is 56.5 Å². The lowest BCUT2D eigenvalue weighted by Gasteiger charge is -2.27. The summed E-state index contributed by atoms with van der Waals surface area (Å²) < 4.78 is 17.5. The largest absolute Gasteiger partial charge is 0.353 e. The van der Waals surface area contributed by atoms with Gasteiger partial charge in [-0.15, -0.1) is 0 Å². The molecule has 4 rings (SSSR count). The number of hydrogen-bond acceptors (Lipinski definition) is 6. The van der Waals surface area contributed by atoms with E-state index >= 15 is 0 Å². The average Bonchev–Trinajstić information content (AvgIpc) is 3.40. The first kappa shape index (κ1) is 20.2. The lowest BCUT2D eigenvalue weighted by molar-refractivity contribution is -0.122. The van der Waals surface area contributed by atoms with E-state index in [2.05, 4.69) is 24.5 Å². The molecule has 29 heavy (non-hydrogen) atoms. The normalized spacial score (nSPS) is 20.2. The van der Waals surface area contributed by atoms with Crippen LogP contribution in [0.4, 0.5) is 9.52 Å². The minimum absolute atomic E-state index is 0.0924. The molecule has 1 atom stereocenters. The Morgan fingerprint density at radius 2 is 1.93 bits per heavy atom. The van der Waals surface area contributed by atoms with Crippen LogP contribution in [0.5, 0.6) is 0 Å². The van der Waals surface area contributed by atoms with Crippen molar-refractivity contribution in [2.75, 3.05) is 37.6 Å². The predicted octanol–water partition coefficient (Wildman–Crippen LogP) is 2.84. The molecule has 8 heteroatoms. The van der Waals surface area contributed by atoms with E-state index in [1.807, 2.05) is 0 Å². The van der Waals surface area contributed by atoms with Crippen LogP contribution in [-0.4, -0.2) is 58.9 Å². The number of carbonyl (C=O) groups is 1. The summed E-state index contributed by atoms with van der Waals surface area (Å²) in [5, 5.41) is 3.92. The summed E-state index contributed by atoms with van der Waals surface area (Å²) in [5.41, 5.74) is 0.976. The molecular weight excluding hydrogens is 389 g/mol. The molecule has 1 amide bonds. The topological polar surface area (TPSA) is 61.4 Å². The SMILES string of the molecule is O=C(NCCN1CCCCC1)[C@@H]1CCCN1c1nc(Cc2ccc(F)cc2)ns1. The van der Waals surface area contributed by atoms with Gasteiger partial charge in [0.15, 0.2) is 0 Å². The summed E-state index contributed by atoms with van der Waals surface area (Å²) in [5.74, 6) is 0.564. The monoisotopic (exact) mass is 417 g/mol. The zero-order valence-corrected chi connectivity index (χ0v) is 17.5. The summed E-state index contributed by atoms with van der Waals surface area (Å²) >= 11 is 1.34. The third-order valence-electron chi connectivity index (χ3n) is 5.71. The number of anilines is 1. The maximum Gasteiger partial charge on any atom is 0.242 e. The van der Waals surface area contributed by atoms with Gasteiger partial charge in [-0.3, -0.25) is 4.79 Å². The number of carbonyl (C=O) groups excluding carboxylic acids is 1. The number of nitrogens with one attached hydrogen (secondary N) is 1. The zero-order valence-electron chi connectivity index (χ0n) is 16.6. The van der Waals surface area contributed by atoms with Gasteiger partial charge in [0.25, 0.3) is 0 Å². The Morgan fingerprint density at radius 1 is 1.14 bits per heavy atom. The van der Waals surface area contributed by atoms with Gasteiger partial charge >= 0.3 is 0 Å². The van der Waals surface area contributed by atoms with Crippen LogP contribution in [0, 0.1) is 5.82 Å². The third-order valence-corrected chi connectivity index (χ3v) is 6.50. The second kappa shape index (κ2) is 9.63. The first-order chi connectivity index (χ1) is 14.2. The number of hydrogen-bond donors (Lipinski definition) is 1. The summed E-state index contributed by atoms with van der Waals surface area (Å²) in [6.07, 6.45) is 6.25. The van der Waals surface area contributed by atoms with E-state index in [-0.39, 0.29) is 17.8 Å². The fourth-order valence-electron chi connectivity index (χ4n) is 4.12. The highest BCUT2D eigenvalue weighted by Gasteiger charge is 2.32. The van der Waals surface area contributed by atoms with Crippen molar-refractivity contribution in [3.05, 3.63) is 41.5 Å². The van der Waals surface area contributed by atoms with E-state index in [4.69, 9.17) is 0 Å². The lowest BCUT2D eigenvalue weighted by Crippen LogP contribution is -2.46. The molecule has 6 nitrogen and oxygen atoms in total. The van der Waals surface area contributed by atoms with Crippen molar-refractivity contribution in [3.8, 4) is 0 Å². The number of rotatable bonds is 7. The van der Waals surface area contributed by atoms with E-state index in [0.29, 0.717) is 18.8 Å². The van der Waals surface area contributed by atoms with E-state index in [0.717, 1.165) is 49.7 Å². The van der Waals surface area contributed by atoms with E-state index in [9.17, 15) is 9.18 Å². The van der Waals surface area contributed by atoms with Crippen molar-refractivity contribution in [2.24, 2.45) is 0 Å². The lowest BCUT2D eigenvalue weighted by atomic mass is 10.1. The zero-order chi connectivity index (χ0) is 20.1. The molecule has 0 aliphatic carbocycles. The Hall–Kier alpha value is -2.06. The van der Waals surface area contributed by atoms with Crippen molar-refractivity contribution in [2.45, 2.75) is 44.6 Å². The molecule has 2 saturated heterocycles. The van der Waals surface area contributed by atoms with E-state index in [1.165, 1.54) is 42.9 Å². The summed E-state index contributed by atoms with van der Waals surface area (Å²) in [6.45, 7) is 4.75. The van der Waals surface area contributed by atoms with Crippen molar-refractivity contribution in [3.63, 3.8) is 0 Å². The summed E-state index contributed by atoms with van der Waals surface area (Å²) in [6, 6.07) is 6.25. The summed E-state index contributed by atoms with van der Waals surface area (Å²) in [7, 11) is 0. The second-order valence-corrected chi connectivity index (χ2v) is 8.57. The molecule has 0 spiro atoms. The van der Waals surface area contributed by atoms with Crippen LogP contribution in [0.25, 0.3) is 0 Å². The predicted molar refractivity (Wildman–Crippen MR) is 113 cm³/mol. The van der Waals surface area contributed by atoms with E-state index < -0.39 is 0 Å². The molecule has 0 saturated carbocycles. The Morgan fingerprint density at radius 3 is 2.72 bits per heavy atom. The van der Waals surface area contributed by atoms with Gasteiger partial charge in [0, 0.05) is 37.6 Å². The number of amides is 1. The Balaban J connectivity index is 1.31. The molecule has 1 aromatic heterocycles. The van der Waals surface area contributed by atoms with Gasteiger partial charge in [0.05, 0.1) is 0 Å². The number of nitrogens with zero attached hydrogens (tertiary/aromatic N) is 4. The van der Waals surface area contributed by atoms with Gasteiger partial charge in [-0.25, -0.2) is 9.37 Å². The molecule has 2 aromatic rings. The number of likely N-dealkylation sites (tertiary alicyclic amines) is 1. The standard InChI is InChI=1S/C21H28FN5OS/c22-17-8-6-16(7-9-17)15-19-24-21(29-25-19)27-13-4-5-18(27)20(28)23-10-14-26-11-2-1-3-12-26/h6-9,18H,1-5,10-15H2,(H,23,28)/t18-/m0/s1. The molecule has 1 N–H and O–H groups in total. The first-order valence-corrected chi connectivity index (χ1v) is 11.3. The highest BCUT2D eigenvalue weighted by molar-refractivity contribution is 7.09. The molecule has 156 valence electrons. The van der Waals surface area contributed by atoms with Crippen LogP contribution < -0.4 is 10.2 Å². The first-order valence-electron chi connectivity index (χ1n) is 10.5. The van der Waals surface area contributed by atoms with Gasteiger partial charge in [0.1, 0.15) is 17.7 Å². The summed E-state index contributed by atoms with van der Waals surface area (Å²) in [4.78, 5) is 21.9. The minimum Gasteiger partial charge on any atom is -0.353 e. The Kier molecular flexibility index (Phi) is 6.71. The van der Waals surface area contributed by atoms with Crippen LogP contribution in [0.2, 0.25) is 0 Å². The average molecular weight is 418 g/mol. The van der Waals surface area contributed by atoms with Crippen LogP contribution in [0.3, 0.4) is 0 Å². The van der Waals surface area contributed by atoms with Crippen molar-refractivity contribution >= 4 is 22.6 Å². The Labute approximate surface area is 175 Å². The fourth-order valence-corrected chi connectivity index (χ4v) is 4.89. The Bertz CT molecular complexity index is 806. The van der Waals surface area contributed by atoms with Gasteiger partial charge in [-0.1, -0.05) is 18.6 Å². The number of piperidine rings is 1. The second-order valence-electron chi connectivity index (χ2n) is 7.84. The molecular formula is C21H28FN5OS. The van der Waals surface area contributed by atoms with Crippen molar-refractivity contribution < 1.29 is 9.18 Å². The van der Waals surface area contributed by atoms with Crippen LogP contribution in [0.15, 0.2) is 24.3 Å². The maximum absolute atomic E-state index is 13.1. The van der Waals surface area contributed by atoms with Crippen molar-refractivity contribution in [1.29, 1.82) is 0 Å². The molecule has 3 heterocycles. The quantitative estimate of drug-likeness (QED) is 0.751. The molecule has 2 aliphatic heterocycles. The smallest absolute Gasteiger partial charge is 0.242 e. The van der Waals surface area contributed by atoms with Gasteiger partial charge in [-0.2, -0.15) is 4.37 Å². The maximum atomic E-state index is 13.1. The highest BCUT2D eigenvalue weighted by atomic mass is 32.1. The molecule has 2 aliphatic rings. The van der Waals surface area contributed by atoms with Gasteiger partial charge < -0.3 is 15.1 Å². The molecule has 0 unspecified atom stereocenters. The van der Waals surface area contributed by atoms with Crippen LogP contribution >= 0.6 is 11.5 Å². The van der Waals surface area contributed by atoms with Crippen LogP contribution in [-0.2, 0) is 11.2 Å². The molecule has 0 radical (unpaired) electrons. The molecule has 1 aromatic carbocycles.